The topological polar surface area (TPSA) is 63.5 Å². The number of aromatic nitrogens is 2. The van der Waals surface area contributed by atoms with Gasteiger partial charge in [0.25, 0.3) is 0 Å². The quantitative estimate of drug-likeness (QED) is 0.212. The maximum atomic E-state index is 5.75. The molecule has 1 heterocycles. The van der Waals surface area contributed by atoms with Crippen LogP contribution >= 0.6 is 24.0 Å². The van der Waals surface area contributed by atoms with Crippen molar-refractivity contribution in [1.29, 1.82) is 0 Å². The number of guanidine groups is 1. The van der Waals surface area contributed by atoms with Gasteiger partial charge in [-0.1, -0.05) is 26.0 Å². The summed E-state index contributed by atoms with van der Waals surface area (Å²) >= 11 is 0. The van der Waals surface area contributed by atoms with Crippen LogP contribution in [0.15, 0.2) is 41.7 Å². The van der Waals surface area contributed by atoms with Gasteiger partial charge in [0.2, 0.25) is 0 Å². The number of aryl methyl sites for hydroxylation is 2. The van der Waals surface area contributed by atoms with Crippen LogP contribution in [0.1, 0.15) is 51.0 Å². The largest absolute Gasteiger partial charge is 0.493 e. The van der Waals surface area contributed by atoms with E-state index in [1.165, 1.54) is 5.56 Å². The van der Waals surface area contributed by atoms with Crippen molar-refractivity contribution in [2.24, 2.45) is 10.9 Å². The summed E-state index contributed by atoms with van der Waals surface area (Å²) < 4.78 is 7.94. The summed E-state index contributed by atoms with van der Waals surface area (Å²) in [6.45, 7) is 11.1. The average Bonchev–Trinajstić information content (AvgIpc) is 3.10. The fourth-order valence-electron chi connectivity index (χ4n) is 2.85. The predicted octanol–water partition coefficient (Wildman–Crippen LogP) is 4.55. The standard InChI is InChI=1S/C22H35N5O.HI/c1-17(2)16-28-21-10-8-20(9-11-21)18(3)26-22(23-5)25-12-6-7-14-27-15-13-24-19(27)4;/h8-11,13,15,17-18H,6-7,12,14,16H2,1-5H3,(H2,23,25,26);1H. The number of halogens is 1. The number of nitrogens with one attached hydrogen (secondary N) is 2. The van der Waals surface area contributed by atoms with Crippen molar-refractivity contribution in [3.63, 3.8) is 0 Å². The van der Waals surface area contributed by atoms with Crippen molar-refractivity contribution in [2.75, 3.05) is 20.2 Å². The first-order chi connectivity index (χ1) is 13.5. The van der Waals surface area contributed by atoms with Gasteiger partial charge in [-0.3, -0.25) is 4.99 Å². The number of imidazole rings is 1. The molecule has 1 unspecified atom stereocenters. The molecule has 6 nitrogen and oxygen atoms in total. The first-order valence-electron chi connectivity index (χ1n) is 10.2. The second kappa shape index (κ2) is 13.5. The fraction of sp³-hybridized carbons (Fsp3) is 0.545. The Morgan fingerprint density at radius 2 is 1.90 bits per heavy atom. The molecular formula is C22H36IN5O. The Labute approximate surface area is 192 Å². The molecule has 0 aliphatic carbocycles. The van der Waals surface area contributed by atoms with Gasteiger partial charge < -0.3 is 19.9 Å². The van der Waals surface area contributed by atoms with Crippen LogP contribution in [-0.4, -0.2) is 35.7 Å². The van der Waals surface area contributed by atoms with E-state index < -0.39 is 0 Å². The molecule has 7 heteroatoms. The summed E-state index contributed by atoms with van der Waals surface area (Å²) in [5.74, 6) is 3.34. The molecule has 29 heavy (non-hydrogen) atoms. The summed E-state index contributed by atoms with van der Waals surface area (Å²) in [5, 5.41) is 6.85. The lowest BCUT2D eigenvalue weighted by Gasteiger charge is -2.19. The Balaban J connectivity index is 0.00000420. The van der Waals surface area contributed by atoms with Crippen molar-refractivity contribution in [3.8, 4) is 5.75 Å². The number of aliphatic imine (C=N–C) groups is 1. The number of unbranched alkanes of at least 4 members (excludes halogenated alkanes) is 1. The van der Waals surface area contributed by atoms with E-state index in [1.54, 1.807) is 7.05 Å². The van der Waals surface area contributed by atoms with Crippen LogP contribution in [0, 0.1) is 12.8 Å². The van der Waals surface area contributed by atoms with Gasteiger partial charge >= 0.3 is 0 Å². The van der Waals surface area contributed by atoms with Gasteiger partial charge in [0.1, 0.15) is 11.6 Å². The number of nitrogens with zero attached hydrogens (tertiary/aromatic N) is 3. The van der Waals surface area contributed by atoms with Gasteiger partial charge in [0.05, 0.1) is 12.6 Å². The van der Waals surface area contributed by atoms with Crippen molar-refractivity contribution in [3.05, 3.63) is 48.0 Å². The Bertz CT molecular complexity index is 727. The van der Waals surface area contributed by atoms with E-state index >= 15 is 0 Å². The van der Waals surface area contributed by atoms with E-state index in [2.05, 4.69) is 58.1 Å². The first kappa shape index (κ1) is 25.3. The molecule has 0 saturated heterocycles. The van der Waals surface area contributed by atoms with Crippen LogP contribution < -0.4 is 15.4 Å². The molecule has 162 valence electrons. The molecule has 1 atom stereocenters. The highest BCUT2D eigenvalue weighted by molar-refractivity contribution is 14.0. The Kier molecular flexibility index (Phi) is 11.7. The smallest absolute Gasteiger partial charge is 0.191 e. The van der Waals surface area contributed by atoms with Gasteiger partial charge in [0.15, 0.2) is 5.96 Å². The second-order valence-corrected chi connectivity index (χ2v) is 7.51. The highest BCUT2D eigenvalue weighted by Gasteiger charge is 2.08. The summed E-state index contributed by atoms with van der Waals surface area (Å²) in [5.41, 5.74) is 1.20. The zero-order valence-corrected chi connectivity index (χ0v) is 20.6. The normalized spacial score (nSPS) is 12.4. The third-order valence-corrected chi connectivity index (χ3v) is 4.58. The summed E-state index contributed by atoms with van der Waals surface area (Å²) in [6.07, 6.45) is 6.07. The molecule has 2 N–H and O–H groups in total. The van der Waals surface area contributed by atoms with Gasteiger partial charge in [-0.15, -0.1) is 24.0 Å². The fourth-order valence-corrected chi connectivity index (χ4v) is 2.85. The molecule has 0 aliphatic rings. The number of rotatable bonds is 10. The van der Waals surface area contributed by atoms with Crippen molar-refractivity contribution >= 4 is 29.9 Å². The number of hydrogen-bond acceptors (Lipinski definition) is 3. The molecular weight excluding hydrogens is 477 g/mol. The zero-order valence-electron chi connectivity index (χ0n) is 18.3. The van der Waals surface area contributed by atoms with Crippen LogP contribution in [0.3, 0.4) is 0 Å². The van der Waals surface area contributed by atoms with E-state index in [1.807, 2.05) is 31.5 Å². The lowest BCUT2D eigenvalue weighted by Crippen LogP contribution is -2.39. The summed E-state index contributed by atoms with van der Waals surface area (Å²) in [7, 11) is 1.81. The Morgan fingerprint density at radius 3 is 2.48 bits per heavy atom. The van der Waals surface area contributed by atoms with Gasteiger partial charge in [0, 0.05) is 32.5 Å². The summed E-state index contributed by atoms with van der Waals surface area (Å²) in [6, 6.07) is 8.44. The molecule has 2 aromatic rings. The lowest BCUT2D eigenvalue weighted by atomic mass is 10.1. The third-order valence-electron chi connectivity index (χ3n) is 4.58. The molecule has 1 aromatic heterocycles. The lowest BCUT2D eigenvalue weighted by molar-refractivity contribution is 0.271. The second-order valence-electron chi connectivity index (χ2n) is 7.51. The molecule has 0 spiro atoms. The van der Waals surface area contributed by atoms with E-state index in [4.69, 9.17) is 4.74 Å². The molecule has 1 aromatic carbocycles. The van der Waals surface area contributed by atoms with Gasteiger partial charge in [-0.25, -0.2) is 4.98 Å². The maximum absolute atomic E-state index is 5.75. The highest BCUT2D eigenvalue weighted by atomic mass is 127. The molecule has 0 amide bonds. The minimum absolute atomic E-state index is 0. The van der Waals surface area contributed by atoms with Crippen LogP contribution in [0.4, 0.5) is 0 Å². The maximum Gasteiger partial charge on any atom is 0.191 e. The molecule has 0 aliphatic heterocycles. The van der Waals surface area contributed by atoms with E-state index in [9.17, 15) is 0 Å². The van der Waals surface area contributed by atoms with Crippen LogP contribution in [-0.2, 0) is 6.54 Å². The van der Waals surface area contributed by atoms with Crippen LogP contribution in [0.25, 0.3) is 0 Å². The Morgan fingerprint density at radius 1 is 1.17 bits per heavy atom. The van der Waals surface area contributed by atoms with E-state index in [0.717, 1.165) is 50.1 Å². The number of ether oxygens (including phenoxy) is 1. The average molecular weight is 513 g/mol. The van der Waals surface area contributed by atoms with Crippen LogP contribution in [0.5, 0.6) is 5.75 Å². The zero-order chi connectivity index (χ0) is 20.4. The first-order valence-corrected chi connectivity index (χ1v) is 10.2. The number of hydrogen-bond donors (Lipinski definition) is 2. The number of benzene rings is 1. The molecule has 0 radical (unpaired) electrons. The molecule has 0 fully saturated rings. The minimum atomic E-state index is 0. The van der Waals surface area contributed by atoms with Gasteiger partial charge in [-0.05, 0) is 50.3 Å². The molecule has 2 rings (SSSR count). The monoisotopic (exact) mass is 513 g/mol. The van der Waals surface area contributed by atoms with Crippen molar-refractivity contribution < 1.29 is 4.74 Å². The molecule has 0 bridgehead atoms. The SMILES string of the molecule is CN=C(NCCCCn1ccnc1C)NC(C)c1ccc(OCC(C)C)cc1.I. The van der Waals surface area contributed by atoms with Gasteiger partial charge in [-0.2, -0.15) is 0 Å². The highest BCUT2D eigenvalue weighted by Crippen LogP contribution is 2.18. The van der Waals surface area contributed by atoms with Crippen molar-refractivity contribution in [2.45, 2.75) is 53.1 Å². The Hall–Kier alpha value is -1.77. The minimum Gasteiger partial charge on any atom is -0.493 e. The van der Waals surface area contributed by atoms with E-state index in [0.29, 0.717) is 5.92 Å². The van der Waals surface area contributed by atoms with Crippen molar-refractivity contribution in [1.82, 2.24) is 20.2 Å². The molecule has 0 saturated carbocycles. The third kappa shape index (κ3) is 9.06. The summed E-state index contributed by atoms with van der Waals surface area (Å²) in [4.78, 5) is 8.59. The predicted molar refractivity (Wildman–Crippen MR) is 131 cm³/mol. The van der Waals surface area contributed by atoms with E-state index in [-0.39, 0.29) is 30.0 Å². The van der Waals surface area contributed by atoms with Crippen LogP contribution in [0.2, 0.25) is 0 Å².